The quantitative estimate of drug-likeness (QED) is 0.700. The highest BCUT2D eigenvalue weighted by Gasteiger charge is 2.14. The standard InChI is InChI=1S/C19H17NO2S2/c21-17-11-18(24-19(12-17)20-6-8-22-9-7-20)15-3-1-14(2-4-15)16-5-10-23-13-16/h1-5,10-13H,6-9H2. The summed E-state index contributed by atoms with van der Waals surface area (Å²) in [5, 5.41) is 5.26. The normalized spacial score (nSPS) is 14.8. The van der Waals surface area contributed by atoms with Gasteiger partial charge in [-0.05, 0) is 33.5 Å². The van der Waals surface area contributed by atoms with Gasteiger partial charge in [0.15, 0.2) is 5.43 Å². The topological polar surface area (TPSA) is 29.5 Å². The number of hydrogen-bond donors (Lipinski definition) is 0. The smallest absolute Gasteiger partial charge is 0.182 e. The first kappa shape index (κ1) is 15.6. The zero-order valence-corrected chi connectivity index (χ0v) is 14.7. The predicted molar refractivity (Wildman–Crippen MR) is 102 cm³/mol. The van der Waals surface area contributed by atoms with Crippen molar-refractivity contribution in [2.24, 2.45) is 0 Å². The Hall–Kier alpha value is -1.95. The molecule has 5 heteroatoms. The van der Waals surface area contributed by atoms with Crippen molar-refractivity contribution in [3.8, 4) is 21.6 Å². The lowest BCUT2D eigenvalue weighted by Gasteiger charge is -2.28. The van der Waals surface area contributed by atoms with Crippen LogP contribution in [0.5, 0.6) is 0 Å². The van der Waals surface area contributed by atoms with E-state index in [4.69, 9.17) is 4.74 Å². The van der Waals surface area contributed by atoms with Crippen molar-refractivity contribution in [1.82, 2.24) is 0 Å². The fourth-order valence-electron chi connectivity index (χ4n) is 2.80. The van der Waals surface area contributed by atoms with E-state index in [9.17, 15) is 4.79 Å². The van der Waals surface area contributed by atoms with Crippen LogP contribution in [0.3, 0.4) is 0 Å². The van der Waals surface area contributed by atoms with Crippen molar-refractivity contribution in [1.29, 1.82) is 0 Å². The van der Waals surface area contributed by atoms with Gasteiger partial charge in [-0.2, -0.15) is 11.3 Å². The minimum absolute atomic E-state index is 0.0622. The molecule has 0 spiro atoms. The lowest BCUT2D eigenvalue weighted by molar-refractivity contribution is 0.123. The number of morpholine rings is 1. The number of rotatable bonds is 3. The summed E-state index contributed by atoms with van der Waals surface area (Å²) in [6.45, 7) is 3.13. The molecule has 0 unspecified atom stereocenters. The van der Waals surface area contributed by atoms with Crippen molar-refractivity contribution in [2.45, 2.75) is 0 Å². The molecule has 0 N–H and O–H groups in total. The highest BCUT2D eigenvalue weighted by atomic mass is 32.1. The van der Waals surface area contributed by atoms with Gasteiger partial charge in [-0.3, -0.25) is 4.79 Å². The van der Waals surface area contributed by atoms with E-state index in [-0.39, 0.29) is 5.43 Å². The Labute approximate surface area is 148 Å². The molecule has 3 aromatic rings. The van der Waals surface area contributed by atoms with E-state index in [1.807, 2.05) is 0 Å². The average Bonchev–Trinajstić information content (AvgIpc) is 3.17. The zero-order valence-electron chi connectivity index (χ0n) is 13.1. The minimum atomic E-state index is 0.0622. The van der Waals surface area contributed by atoms with Gasteiger partial charge in [0.05, 0.1) is 18.2 Å². The number of anilines is 1. The number of nitrogens with zero attached hydrogens (tertiary/aromatic N) is 1. The van der Waals surface area contributed by atoms with Gasteiger partial charge in [0, 0.05) is 30.1 Å². The lowest BCUT2D eigenvalue weighted by Crippen LogP contribution is -2.36. The van der Waals surface area contributed by atoms with Crippen LogP contribution in [0.15, 0.2) is 58.0 Å². The van der Waals surface area contributed by atoms with Gasteiger partial charge < -0.3 is 9.64 Å². The van der Waals surface area contributed by atoms with Crippen LogP contribution in [0.4, 0.5) is 5.00 Å². The van der Waals surface area contributed by atoms with Crippen LogP contribution in [0, 0.1) is 0 Å². The van der Waals surface area contributed by atoms with Crippen LogP contribution in [-0.2, 0) is 4.74 Å². The second-order valence-corrected chi connectivity index (χ2v) is 7.53. The first-order chi connectivity index (χ1) is 11.8. The molecule has 4 rings (SSSR count). The molecule has 1 aromatic carbocycles. The van der Waals surface area contributed by atoms with E-state index < -0.39 is 0 Å². The maximum absolute atomic E-state index is 12.1. The molecule has 1 aliphatic rings. The summed E-state index contributed by atoms with van der Waals surface area (Å²) in [5.41, 5.74) is 3.59. The molecule has 0 saturated carbocycles. The lowest BCUT2D eigenvalue weighted by atomic mass is 10.1. The molecular weight excluding hydrogens is 338 g/mol. The maximum Gasteiger partial charge on any atom is 0.182 e. The highest BCUT2D eigenvalue weighted by molar-refractivity contribution is 7.19. The van der Waals surface area contributed by atoms with Gasteiger partial charge in [-0.1, -0.05) is 24.3 Å². The molecule has 0 amide bonds. The fourth-order valence-corrected chi connectivity index (χ4v) is 4.61. The van der Waals surface area contributed by atoms with E-state index in [1.165, 1.54) is 11.1 Å². The molecule has 3 heterocycles. The van der Waals surface area contributed by atoms with Gasteiger partial charge in [0.2, 0.25) is 0 Å². The summed E-state index contributed by atoms with van der Waals surface area (Å²) >= 11 is 3.37. The second kappa shape index (κ2) is 6.89. The van der Waals surface area contributed by atoms with Crippen LogP contribution < -0.4 is 10.3 Å². The molecule has 3 nitrogen and oxygen atoms in total. The maximum atomic E-state index is 12.1. The number of hydrogen-bond acceptors (Lipinski definition) is 5. The third-order valence-corrected chi connectivity index (χ3v) is 5.94. The predicted octanol–water partition coefficient (Wildman–Crippen LogP) is 4.34. The van der Waals surface area contributed by atoms with Crippen LogP contribution in [0.1, 0.15) is 0 Å². The summed E-state index contributed by atoms with van der Waals surface area (Å²) in [4.78, 5) is 15.4. The van der Waals surface area contributed by atoms with E-state index in [0.29, 0.717) is 0 Å². The molecule has 2 aromatic heterocycles. The first-order valence-corrected chi connectivity index (χ1v) is 9.66. The number of ether oxygens (including phenoxy) is 1. The van der Waals surface area contributed by atoms with E-state index in [0.717, 1.165) is 41.7 Å². The Morgan fingerprint density at radius 1 is 0.917 bits per heavy atom. The molecule has 0 atom stereocenters. The van der Waals surface area contributed by atoms with Crippen molar-refractivity contribution < 1.29 is 4.74 Å². The number of benzene rings is 1. The average molecular weight is 355 g/mol. The van der Waals surface area contributed by atoms with Crippen LogP contribution in [-0.4, -0.2) is 26.3 Å². The van der Waals surface area contributed by atoms with Crippen molar-refractivity contribution in [2.75, 3.05) is 31.2 Å². The van der Waals surface area contributed by atoms with Gasteiger partial charge in [0.1, 0.15) is 0 Å². The summed E-state index contributed by atoms with van der Waals surface area (Å²) in [6, 6.07) is 14.0. The third kappa shape index (κ3) is 3.29. The largest absolute Gasteiger partial charge is 0.378 e. The summed E-state index contributed by atoms with van der Waals surface area (Å²) in [5.74, 6) is 0. The van der Waals surface area contributed by atoms with Crippen molar-refractivity contribution in [3.05, 3.63) is 63.4 Å². The molecule has 1 fully saturated rings. The Bertz CT molecular complexity index is 863. The van der Waals surface area contributed by atoms with Gasteiger partial charge in [0.25, 0.3) is 0 Å². The van der Waals surface area contributed by atoms with Crippen molar-refractivity contribution in [3.63, 3.8) is 0 Å². The Morgan fingerprint density at radius 3 is 2.38 bits per heavy atom. The molecule has 1 aliphatic heterocycles. The Balaban J connectivity index is 1.66. The van der Waals surface area contributed by atoms with Gasteiger partial charge >= 0.3 is 0 Å². The summed E-state index contributed by atoms with van der Waals surface area (Å²) < 4.78 is 5.40. The highest BCUT2D eigenvalue weighted by Crippen LogP contribution is 2.32. The van der Waals surface area contributed by atoms with Crippen LogP contribution >= 0.6 is 22.7 Å². The molecule has 1 saturated heterocycles. The molecular formula is C19H17NO2S2. The monoisotopic (exact) mass is 355 g/mol. The Morgan fingerprint density at radius 2 is 1.67 bits per heavy atom. The SMILES string of the molecule is O=c1cc(-c2ccc(-c3ccsc3)cc2)sc(N2CCOCC2)c1. The van der Waals surface area contributed by atoms with Crippen molar-refractivity contribution >= 4 is 27.7 Å². The third-order valence-electron chi connectivity index (χ3n) is 4.10. The van der Waals surface area contributed by atoms with E-state index in [2.05, 4.69) is 46.0 Å². The first-order valence-electron chi connectivity index (χ1n) is 7.90. The molecule has 0 aliphatic carbocycles. The summed E-state index contributed by atoms with van der Waals surface area (Å²) in [6.07, 6.45) is 0. The molecule has 0 radical (unpaired) electrons. The molecule has 24 heavy (non-hydrogen) atoms. The van der Waals surface area contributed by atoms with Crippen LogP contribution in [0.2, 0.25) is 0 Å². The van der Waals surface area contributed by atoms with Crippen LogP contribution in [0.25, 0.3) is 21.6 Å². The second-order valence-electron chi connectivity index (χ2n) is 5.68. The zero-order chi connectivity index (χ0) is 16.4. The van der Waals surface area contributed by atoms with Gasteiger partial charge in [-0.15, -0.1) is 11.3 Å². The number of thiophene rings is 1. The van der Waals surface area contributed by atoms with Gasteiger partial charge in [-0.25, -0.2) is 0 Å². The molecule has 0 bridgehead atoms. The van der Waals surface area contributed by atoms with E-state index >= 15 is 0 Å². The van der Waals surface area contributed by atoms with E-state index in [1.54, 1.807) is 34.8 Å². The fraction of sp³-hybridized carbons (Fsp3) is 0.211. The minimum Gasteiger partial charge on any atom is -0.378 e. The Kier molecular flexibility index (Phi) is 4.47. The summed E-state index contributed by atoms with van der Waals surface area (Å²) in [7, 11) is 0. The molecule has 122 valence electrons.